The van der Waals surface area contributed by atoms with E-state index in [2.05, 4.69) is 16.0 Å². The highest BCUT2D eigenvalue weighted by molar-refractivity contribution is 5.90. The third kappa shape index (κ3) is 8.05. The Kier molecular flexibility index (Phi) is 11.9. The number of carboxylic acid groups (broad SMARTS) is 1. The summed E-state index contributed by atoms with van der Waals surface area (Å²) in [5.41, 5.74) is 5.72. The molecule has 1 aliphatic rings. The van der Waals surface area contributed by atoms with Gasteiger partial charge in [-0.05, 0) is 51.3 Å². The fourth-order valence-electron chi connectivity index (χ4n) is 7.32. The summed E-state index contributed by atoms with van der Waals surface area (Å²) in [6.07, 6.45) is -0.621. The smallest absolute Gasteiger partial charge is 0.407 e. The predicted molar refractivity (Wildman–Crippen MR) is 208 cm³/mol. The molecule has 9 heteroatoms. The number of carbonyl (C=O) groups excluding carboxylic acids is 3. The van der Waals surface area contributed by atoms with Crippen molar-refractivity contribution in [3.63, 3.8) is 0 Å². The number of fused-ring (bicyclic) bond motifs is 3. The van der Waals surface area contributed by atoms with Crippen LogP contribution in [0.1, 0.15) is 66.8 Å². The van der Waals surface area contributed by atoms with E-state index >= 15 is 0 Å². The van der Waals surface area contributed by atoms with Crippen molar-refractivity contribution in [2.75, 3.05) is 6.61 Å². The second-order valence-corrected chi connectivity index (χ2v) is 13.7. The van der Waals surface area contributed by atoms with E-state index in [1.54, 1.807) is 6.92 Å². The van der Waals surface area contributed by atoms with Gasteiger partial charge in [0.15, 0.2) is 0 Å². The van der Waals surface area contributed by atoms with Gasteiger partial charge in [-0.1, -0.05) is 160 Å². The van der Waals surface area contributed by atoms with Gasteiger partial charge in [-0.25, -0.2) is 9.59 Å². The molecule has 6 rings (SSSR count). The van der Waals surface area contributed by atoms with Crippen molar-refractivity contribution in [3.05, 3.63) is 167 Å². The van der Waals surface area contributed by atoms with Crippen molar-refractivity contribution in [1.29, 1.82) is 0 Å². The van der Waals surface area contributed by atoms with Crippen LogP contribution in [-0.2, 0) is 24.7 Å². The van der Waals surface area contributed by atoms with Crippen LogP contribution < -0.4 is 16.0 Å². The predicted octanol–water partition coefficient (Wildman–Crippen LogP) is 7.40. The van der Waals surface area contributed by atoms with Crippen molar-refractivity contribution < 1.29 is 29.0 Å². The maximum atomic E-state index is 13.9. The summed E-state index contributed by atoms with van der Waals surface area (Å²) in [7, 11) is 0. The van der Waals surface area contributed by atoms with E-state index in [9.17, 15) is 24.3 Å². The molecule has 0 unspecified atom stereocenters. The summed E-state index contributed by atoms with van der Waals surface area (Å²) in [6, 6.07) is 42.4. The number of amides is 3. The molecule has 54 heavy (non-hydrogen) atoms. The molecule has 0 radical (unpaired) electrons. The van der Waals surface area contributed by atoms with Gasteiger partial charge in [0.1, 0.15) is 24.2 Å². The van der Waals surface area contributed by atoms with Gasteiger partial charge in [-0.15, -0.1) is 0 Å². The molecule has 276 valence electrons. The lowest BCUT2D eigenvalue weighted by molar-refractivity contribution is -0.142. The lowest BCUT2D eigenvalue weighted by Gasteiger charge is -2.37. The molecule has 0 heterocycles. The first kappa shape index (κ1) is 37.5. The first-order chi connectivity index (χ1) is 26.2. The van der Waals surface area contributed by atoms with Gasteiger partial charge < -0.3 is 25.8 Å². The second kappa shape index (κ2) is 17.1. The number of carbonyl (C=O) groups is 4. The molecule has 4 N–H and O–H groups in total. The minimum Gasteiger partial charge on any atom is -0.480 e. The molecule has 0 aliphatic heterocycles. The molecule has 0 bridgehead atoms. The maximum Gasteiger partial charge on any atom is 0.407 e. The van der Waals surface area contributed by atoms with Gasteiger partial charge in [-0.3, -0.25) is 9.59 Å². The Labute approximate surface area is 315 Å². The zero-order valence-corrected chi connectivity index (χ0v) is 30.4. The van der Waals surface area contributed by atoms with Crippen molar-refractivity contribution in [2.45, 2.75) is 56.7 Å². The summed E-state index contributed by atoms with van der Waals surface area (Å²) in [5.74, 6) is -2.86. The standard InChI is InChI=1S/C45H45N3O6/c1-3-30(2)41(47-44(53)54-29-38-36-25-15-13-23-34(36)35-24-14-16-26-37(35)38)42(50)46-39(43(51)52)27-28-40(49)48-45(31-17-7-4-8-18-31,32-19-9-5-10-20-32)33-21-11-6-12-22-33/h4-26,30,38-39,41H,3,27-29H2,1-2H3,(H,46,50)(H,47,53)(H,48,49)(H,51,52)/t30-,39-,41-/m0/s1. The summed E-state index contributed by atoms with van der Waals surface area (Å²) < 4.78 is 5.70. The van der Waals surface area contributed by atoms with Crippen molar-refractivity contribution >= 4 is 23.9 Å². The molecule has 0 saturated heterocycles. The summed E-state index contributed by atoms with van der Waals surface area (Å²) in [4.78, 5) is 53.2. The molecule has 0 fully saturated rings. The molecule has 3 atom stereocenters. The number of aliphatic carboxylic acids is 1. The topological polar surface area (TPSA) is 134 Å². The molecule has 1 aliphatic carbocycles. The Morgan fingerprint density at radius 1 is 0.685 bits per heavy atom. The highest BCUT2D eigenvalue weighted by Crippen LogP contribution is 2.44. The minimum absolute atomic E-state index is 0.0675. The number of benzene rings is 5. The van der Waals surface area contributed by atoms with Gasteiger partial charge >= 0.3 is 12.1 Å². The SMILES string of the molecule is CC[C@H](C)[C@H](NC(=O)OCC1c2ccccc2-c2ccccc21)C(=O)N[C@@H](CCC(=O)NC(c1ccccc1)(c1ccccc1)c1ccccc1)C(=O)O. The molecule has 0 spiro atoms. The molecular formula is C45H45N3O6. The number of nitrogens with one attached hydrogen (secondary N) is 3. The van der Waals surface area contributed by atoms with Crippen LogP contribution in [-0.4, -0.2) is 47.7 Å². The zero-order chi connectivity index (χ0) is 38.1. The van der Waals surface area contributed by atoms with Crippen LogP contribution in [0.4, 0.5) is 4.79 Å². The molecule has 5 aromatic rings. The Bertz CT molecular complexity index is 1930. The number of carboxylic acids is 1. The third-order valence-electron chi connectivity index (χ3n) is 10.3. The normalized spacial score (nSPS) is 13.7. The average Bonchev–Trinajstić information content (AvgIpc) is 3.53. The number of hydrogen-bond donors (Lipinski definition) is 4. The van der Waals surface area contributed by atoms with E-state index in [1.807, 2.05) is 146 Å². The largest absolute Gasteiger partial charge is 0.480 e. The molecule has 3 amide bonds. The fraction of sp³-hybridized carbons (Fsp3) is 0.244. The Balaban J connectivity index is 1.13. The molecule has 9 nitrogen and oxygen atoms in total. The van der Waals surface area contributed by atoms with Crippen LogP contribution >= 0.6 is 0 Å². The van der Waals surface area contributed by atoms with Crippen LogP contribution in [0.5, 0.6) is 0 Å². The van der Waals surface area contributed by atoms with Gasteiger partial charge in [0.2, 0.25) is 11.8 Å². The Morgan fingerprint density at radius 2 is 1.15 bits per heavy atom. The van der Waals surface area contributed by atoms with Crippen molar-refractivity contribution in [1.82, 2.24) is 16.0 Å². The first-order valence-electron chi connectivity index (χ1n) is 18.3. The average molecular weight is 724 g/mol. The minimum atomic E-state index is -1.39. The highest BCUT2D eigenvalue weighted by Gasteiger charge is 2.38. The van der Waals surface area contributed by atoms with Gasteiger partial charge in [0.05, 0.1) is 0 Å². The number of rotatable bonds is 15. The molecule has 0 saturated carbocycles. The number of ether oxygens (including phenoxy) is 1. The van der Waals surface area contributed by atoms with Crippen molar-refractivity contribution in [3.8, 4) is 11.1 Å². The molecule has 0 aromatic heterocycles. The van der Waals surface area contributed by atoms with Crippen LogP contribution in [0, 0.1) is 5.92 Å². The third-order valence-corrected chi connectivity index (χ3v) is 10.3. The van der Waals surface area contributed by atoms with Crippen LogP contribution in [0.3, 0.4) is 0 Å². The summed E-state index contributed by atoms with van der Waals surface area (Å²) >= 11 is 0. The van der Waals surface area contributed by atoms with Crippen molar-refractivity contribution in [2.24, 2.45) is 5.92 Å². The molecule has 5 aromatic carbocycles. The zero-order valence-electron chi connectivity index (χ0n) is 30.4. The van der Waals surface area contributed by atoms with Gasteiger partial charge in [0.25, 0.3) is 0 Å². The first-order valence-corrected chi connectivity index (χ1v) is 18.3. The van der Waals surface area contributed by atoms with E-state index < -0.39 is 41.5 Å². The number of hydrogen-bond acceptors (Lipinski definition) is 5. The summed E-state index contributed by atoms with van der Waals surface area (Å²) in [6.45, 7) is 3.74. The van der Waals surface area contributed by atoms with E-state index in [1.165, 1.54) is 0 Å². The fourth-order valence-corrected chi connectivity index (χ4v) is 7.32. The quantitative estimate of drug-likeness (QED) is 0.0833. The lowest BCUT2D eigenvalue weighted by Crippen LogP contribution is -2.54. The second-order valence-electron chi connectivity index (χ2n) is 13.7. The van der Waals surface area contributed by atoms with E-state index in [0.29, 0.717) is 6.42 Å². The Morgan fingerprint density at radius 3 is 1.61 bits per heavy atom. The van der Waals surface area contributed by atoms with Gasteiger partial charge in [-0.2, -0.15) is 0 Å². The Hall–Kier alpha value is -6.22. The van der Waals surface area contributed by atoms with Gasteiger partial charge in [0, 0.05) is 12.3 Å². The van der Waals surface area contributed by atoms with E-state index in [4.69, 9.17) is 4.74 Å². The highest BCUT2D eigenvalue weighted by atomic mass is 16.5. The van der Waals surface area contributed by atoms with Crippen LogP contribution in [0.25, 0.3) is 11.1 Å². The monoisotopic (exact) mass is 723 g/mol. The van der Waals surface area contributed by atoms with E-state index in [-0.39, 0.29) is 31.3 Å². The molecular weight excluding hydrogens is 679 g/mol. The number of alkyl carbamates (subject to hydrolysis) is 1. The van der Waals surface area contributed by atoms with E-state index in [0.717, 1.165) is 38.9 Å². The maximum absolute atomic E-state index is 13.9. The van der Waals surface area contributed by atoms with Crippen LogP contribution in [0.2, 0.25) is 0 Å². The summed E-state index contributed by atoms with van der Waals surface area (Å²) in [5, 5.41) is 18.7. The lowest BCUT2D eigenvalue weighted by atomic mass is 9.77. The van der Waals surface area contributed by atoms with Crippen LogP contribution in [0.15, 0.2) is 140 Å².